The molecule has 39 heavy (non-hydrogen) atoms. The summed E-state index contributed by atoms with van der Waals surface area (Å²) in [6.45, 7) is 6.83. The van der Waals surface area contributed by atoms with Crippen LogP contribution in [0.5, 0.6) is 0 Å². The molecule has 202 valence electrons. The van der Waals surface area contributed by atoms with Gasteiger partial charge >= 0.3 is 0 Å². The number of H-pyrrole nitrogens is 1. The molecule has 1 aromatic heterocycles. The Bertz CT molecular complexity index is 1490. The Morgan fingerprint density at radius 1 is 1.15 bits per heavy atom. The Morgan fingerprint density at radius 2 is 1.97 bits per heavy atom. The molecule has 0 saturated carbocycles. The molecule has 2 aromatic carbocycles. The number of β-amino-alcohol motifs (C(OH)–C–C–N with tert-alkyl or cyclic N) is 1. The molecule has 4 heterocycles. The number of hydrogen-bond acceptors (Lipinski definition) is 4. The number of fused-ring (bicyclic) bond motifs is 1. The first-order valence-electron chi connectivity index (χ1n) is 13.6. The average molecular weight is 529 g/mol. The van der Waals surface area contributed by atoms with E-state index in [0.717, 1.165) is 54.7 Å². The highest BCUT2D eigenvalue weighted by molar-refractivity contribution is 6.36. The number of amides is 2. The summed E-state index contributed by atoms with van der Waals surface area (Å²) in [5.41, 5.74) is 6.25. The van der Waals surface area contributed by atoms with E-state index in [9.17, 15) is 19.1 Å². The summed E-state index contributed by atoms with van der Waals surface area (Å²) in [5.74, 6) is -0.571. The van der Waals surface area contributed by atoms with Gasteiger partial charge in [-0.1, -0.05) is 24.3 Å². The van der Waals surface area contributed by atoms with E-state index < -0.39 is 0 Å². The van der Waals surface area contributed by atoms with Crippen LogP contribution in [0.4, 0.5) is 10.1 Å². The van der Waals surface area contributed by atoms with Crippen molar-refractivity contribution >= 4 is 29.2 Å². The molecule has 0 bridgehead atoms. The fraction of sp³-hybridized carbons (Fsp3) is 0.355. The number of aliphatic hydroxyl groups is 1. The molecule has 3 aliphatic heterocycles. The number of carbonyl (C=O) groups excluding carboxylic acids is 2. The van der Waals surface area contributed by atoms with E-state index in [1.807, 2.05) is 43.0 Å². The summed E-state index contributed by atoms with van der Waals surface area (Å²) >= 11 is 0. The zero-order chi connectivity index (χ0) is 27.3. The fourth-order valence-electron chi connectivity index (χ4n) is 6.38. The van der Waals surface area contributed by atoms with Gasteiger partial charge in [0.25, 0.3) is 11.8 Å². The van der Waals surface area contributed by atoms with Crippen LogP contribution in [0, 0.1) is 19.7 Å². The van der Waals surface area contributed by atoms with Crippen molar-refractivity contribution in [1.29, 1.82) is 0 Å². The predicted molar refractivity (Wildman–Crippen MR) is 150 cm³/mol. The third-order valence-electron chi connectivity index (χ3n) is 8.30. The minimum Gasteiger partial charge on any atom is -0.392 e. The topological polar surface area (TPSA) is 88.7 Å². The third kappa shape index (κ3) is 4.68. The summed E-state index contributed by atoms with van der Waals surface area (Å²) in [6.07, 6.45) is 4.23. The van der Waals surface area contributed by atoms with E-state index in [2.05, 4.69) is 15.2 Å². The lowest BCUT2D eigenvalue weighted by Gasteiger charge is -2.29. The van der Waals surface area contributed by atoms with Gasteiger partial charge in [0, 0.05) is 54.9 Å². The van der Waals surface area contributed by atoms with Crippen LogP contribution in [0.15, 0.2) is 42.5 Å². The van der Waals surface area contributed by atoms with Crippen molar-refractivity contribution in [2.24, 2.45) is 0 Å². The van der Waals surface area contributed by atoms with Crippen LogP contribution in [-0.4, -0.2) is 70.0 Å². The molecule has 2 unspecified atom stereocenters. The van der Waals surface area contributed by atoms with E-state index in [1.165, 1.54) is 12.1 Å². The molecular formula is C31H33FN4O3. The number of anilines is 1. The van der Waals surface area contributed by atoms with Gasteiger partial charge in [0.1, 0.15) is 5.82 Å². The number of halogens is 1. The highest BCUT2D eigenvalue weighted by Gasteiger charge is 2.35. The van der Waals surface area contributed by atoms with Gasteiger partial charge in [-0.3, -0.25) is 14.5 Å². The van der Waals surface area contributed by atoms with Gasteiger partial charge in [-0.2, -0.15) is 0 Å². The van der Waals surface area contributed by atoms with Crippen LogP contribution in [0.1, 0.15) is 52.1 Å². The number of aromatic amines is 1. The highest BCUT2D eigenvalue weighted by atomic mass is 19.1. The average Bonchev–Trinajstić information content (AvgIpc) is 3.67. The molecule has 3 N–H and O–H groups in total. The summed E-state index contributed by atoms with van der Waals surface area (Å²) in [5, 5.41) is 12.8. The SMILES string of the molecule is Cc1[nH]c(/C=C2\C(=O)Nc3cccc(-c4cccc(F)c4)c32)c(C)c1C(=O)N1CCCC1CN1CCC(O)C1. The number of likely N-dealkylation sites (tertiary alicyclic amines) is 2. The minimum absolute atomic E-state index is 0.00451. The second-order valence-corrected chi connectivity index (χ2v) is 10.9. The Balaban J connectivity index is 1.33. The molecule has 0 aliphatic carbocycles. The molecule has 2 amide bonds. The van der Waals surface area contributed by atoms with E-state index in [4.69, 9.17) is 0 Å². The number of nitrogens with one attached hydrogen (secondary N) is 2. The molecule has 3 aliphatic rings. The van der Waals surface area contributed by atoms with Gasteiger partial charge in [0.15, 0.2) is 0 Å². The van der Waals surface area contributed by atoms with Crippen LogP contribution < -0.4 is 5.32 Å². The molecular weight excluding hydrogens is 495 g/mol. The van der Waals surface area contributed by atoms with E-state index >= 15 is 0 Å². The van der Waals surface area contributed by atoms with Crippen LogP contribution in [0.2, 0.25) is 0 Å². The van der Waals surface area contributed by atoms with Crippen LogP contribution in [0.3, 0.4) is 0 Å². The fourth-order valence-corrected chi connectivity index (χ4v) is 6.38. The second kappa shape index (κ2) is 10.1. The Morgan fingerprint density at radius 3 is 2.74 bits per heavy atom. The van der Waals surface area contributed by atoms with Gasteiger partial charge in [-0.15, -0.1) is 0 Å². The zero-order valence-corrected chi connectivity index (χ0v) is 22.3. The first-order valence-corrected chi connectivity index (χ1v) is 13.6. The predicted octanol–water partition coefficient (Wildman–Crippen LogP) is 4.60. The molecule has 2 fully saturated rings. The summed E-state index contributed by atoms with van der Waals surface area (Å²) < 4.78 is 14.0. The van der Waals surface area contributed by atoms with Crippen molar-refractivity contribution in [3.63, 3.8) is 0 Å². The van der Waals surface area contributed by atoms with Gasteiger partial charge in [0.05, 0.1) is 17.2 Å². The van der Waals surface area contributed by atoms with Gasteiger partial charge in [-0.05, 0) is 74.1 Å². The Kier molecular flexibility index (Phi) is 6.61. The smallest absolute Gasteiger partial charge is 0.256 e. The zero-order valence-electron chi connectivity index (χ0n) is 22.3. The number of nitrogens with zero attached hydrogens (tertiary/aromatic N) is 2. The number of rotatable bonds is 5. The second-order valence-electron chi connectivity index (χ2n) is 10.9. The summed E-state index contributed by atoms with van der Waals surface area (Å²) in [4.78, 5) is 34.5. The van der Waals surface area contributed by atoms with Crippen molar-refractivity contribution in [2.45, 2.75) is 45.3 Å². The maximum absolute atomic E-state index is 14.0. The monoisotopic (exact) mass is 528 g/mol. The number of carbonyl (C=O) groups is 2. The highest BCUT2D eigenvalue weighted by Crippen LogP contribution is 2.41. The molecule has 7 nitrogen and oxygen atoms in total. The summed E-state index contributed by atoms with van der Waals surface area (Å²) in [6, 6.07) is 12.0. The largest absolute Gasteiger partial charge is 0.392 e. The number of aromatic nitrogens is 1. The van der Waals surface area contributed by atoms with Crippen molar-refractivity contribution in [3.8, 4) is 11.1 Å². The van der Waals surface area contributed by atoms with Crippen molar-refractivity contribution in [2.75, 3.05) is 31.5 Å². The van der Waals surface area contributed by atoms with Crippen molar-refractivity contribution in [1.82, 2.24) is 14.8 Å². The lowest BCUT2D eigenvalue weighted by molar-refractivity contribution is -0.110. The molecule has 3 aromatic rings. The first-order chi connectivity index (χ1) is 18.8. The van der Waals surface area contributed by atoms with Gasteiger partial charge in [0.2, 0.25) is 0 Å². The molecule has 8 heteroatoms. The normalized spacial score (nSPS) is 22.1. The summed E-state index contributed by atoms with van der Waals surface area (Å²) in [7, 11) is 0. The first kappa shape index (κ1) is 25.5. The lowest BCUT2D eigenvalue weighted by Crippen LogP contribution is -2.43. The van der Waals surface area contributed by atoms with Crippen LogP contribution >= 0.6 is 0 Å². The maximum atomic E-state index is 14.0. The van der Waals surface area contributed by atoms with Gasteiger partial charge < -0.3 is 20.3 Å². The number of aryl methyl sites for hydroxylation is 1. The lowest BCUT2D eigenvalue weighted by atomic mass is 9.94. The quantitative estimate of drug-likeness (QED) is 0.423. The molecule has 6 rings (SSSR count). The molecule has 0 spiro atoms. The molecule has 2 atom stereocenters. The molecule has 2 saturated heterocycles. The minimum atomic E-state index is -0.340. The standard InChI is InChI=1S/C31H33FN4O3/c1-18-27(15-25-29-24(20-6-3-7-21(32)14-20)9-4-10-26(29)34-30(25)38)33-19(2)28(18)31(39)36-12-5-8-22(36)16-35-13-11-23(37)17-35/h3-4,6-7,9-10,14-15,22-23,33,37H,5,8,11-13,16-17H2,1-2H3,(H,34,38)/b25-15-. The maximum Gasteiger partial charge on any atom is 0.256 e. The van der Waals surface area contributed by atoms with E-state index in [1.54, 1.807) is 12.1 Å². The Hall–Kier alpha value is -3.75. The Labute approximate surface area is 227 Å². The number of aliphatic hydroxyl groups excluding tert-OH is 1. The number of benzene rings is 2. The van der Waals surface area contributed by atoms with E-state index in [0.29, 0.717) is 41.2 Å². The van der Waals surface area contributed by atoms with Crippen molar-refractivity contribution < 1.29 is 19.1 Å². The van der Waals surface area contributed by atoms with E-state index in [-0.39, 0.29) is 29.8 Å². The molecule has 0 radical (unpaired) electrons. The number of hydrogen-bond donors (Lipinski definition) is 3. The van der Waals surface area contributed by atoms with Gasteiger partial charge in [-0.25, -0.2) is 4.39 Å². The van der Waals surface area contributed by atoms with Crippen molar-refractivity contribution in [3.05, 3.63) is 76.4 Å². The van der Waals surface area contributed by atoms with Crippen LogP contribution in [-0.2, 0) is 4.79 Å². The third-order valence-corrected chi connectivity index (χ3v) is 8.30. The van der Waals surface area contributed by atoms with Crippen LogP contribution in [0.25, 0.3) is 22.8 Å².